The van der Waals surface area contributed by atoms with Crippen LogP contribution in [0.15, 0.2) is 0 Å². The molecule has 1 fully saturated rings. The Hall–Kier alpha value is 0.110. The van der Waals surface area contributed by atoms with Gasteiger partial charge in [-0.05, 0) is 46.5 Å². The molecule has 0 N–H and O–H groups in total. The molecule has 1 aliphatic carbocycles. The van der Waals surface area contributed by atoms with Crippen molar-refractivity contribution in [2.24, 2.45) is 5.92 Å². The van der Waals surface area contributed by atoms with Crippen LogP contribution in [0.5, 0.6) is 0 Å². The van der Waals surface area contributed by atoms with E-state index in [1.807, 2.05) is 20.8 Å². The van der Waals surface area contributed by atoms with E-state index in [4.69, 9.17) is 14.0 Å². The lowest BCUT2D eigenvalue weighted by atomic mass is 9.91. The zero-order chi connectivity index (χ0) is 15.1. The second kappa shape index (κ2) is 8.53. The maximum Gasteiger partial charge on any atom is 0.260 e. The zero-order valence-corrected chi connectivity index (χ0v) is 14.4. The van der Waals surface area contributed by atoms with E-state index in [-0.39, 0.29) is 0 Å². The highest BCUT2D eigenvalue weighted by Gasteiger charge is 2.48. The largest absolute Gasteiger partial charge is 0.342 e. The van der Waals surface area contributed by atoms with Crippen molar-refractivity contribution in [1.82, 2.24) is 0 Å². The Bertz CT molecular complexity index is 307. The Morgan fingerprint density at radius 3 is 2.00 bits per heavy atom. The highest BCUT2D eigenvalue weighted by Crippen LogP contribution is 2.62. The third kappa shape index (κ3) is 4.56. The molecule has 5 heteroatoms. The van der Waals surface area contributed by atoms with Gasteiger partial charge in [-0.1, -0.05) is 19.3 Å². The SMILES string of the molecule is CCOC(C)(OCC)[P@@](=O)(CC1CCCCC1)OCC. The number of ether oxygens (including phenoxy) is 2. The molecule has 20 heavy (non-hydrogen) atoms. The van der Waals surface area contributed by atoms with Gasteiger partial charge < -0.3 is 14.0 Å². The first-order chi connectivity index (χ1) is 9.51. The van der Waals surface area contributed by atoms with E-state index in [0.717, 1.165) is 12.8 Å². The summed E-state index contributed by atoms with van der Waals surface area (Å²) < 4.78 is 30.6. The summed E-state index contributed by atoms with van der Waals surface area (Å²) in [7, 11) is -2.99. The van der Waals surface area contributed by atoms with Gasteiger partial charge in [-0.3, -0.25) is 4.57 Å². The molecule has 0 heterocycles. The third-order valence-electron chi connectivity index (χ3n) is 4.00. The van der Waals surface area contributed by atoms with Crippen molar-refractivity contribution in [2.45, 2.75) is 65.3 Å². The second-order valence-corrected chi connectivity index (χ2v) is 8.32. The first-order valence-corrected chi connectivity index (χ1v) is 9.84. The van der Waals surface area contributed by atoms with Gasteiger partial charge in [-0.2, -0.15) is 0 Å². The molecule has 0 radical (unpaired) electrons. The average Bonchev–Trinajstić information content (AvgIpc) is 2.40. The minimum atomic E-state index is -2.99. The summed E-state index contributed by atoms with van der Waals surface area (Å²) in [6.07, 6.45) is 6.63. The van der Waals surface area contributed by atoms with Crippen molar-refractivity contribution in [2.75, 3.05) is 26.0 Å². The van der Waals surface area contributed by atoms with E-state index in [9.17, 15) is 4.57 Å². The fraction of sp³-hybridized carbons (Fsp3) is 1.00. The van der Waals surface area contributed by atoms with E-state index < -0.39 is 12.9 Å². The molecule has 0 bridgehead atoms. The topological polar surface area (TPSA) is 44.8 Å². The van der Waals surface area contributed by atoms with Crippen molar-refractivity contribution in [3.05, 3.63) is 0 Å². The lowest BCUT2D eigenvalue weighted by Gasteiger charge is -2.38. The van der Waals surface area contributed by atoms with Gasteiger partial charge in [-0.15, -0.1) is 0 Å². The van der Waals surface area contributed by atoms with Gasteiger partial charge in [0.15, 0.2) is 0 Å². The van der Waals surface area contributed by atoms with Crippen LogP contribution in [0.25, 0.3) is 0 Å². The van der Waals surface area contributed by atoms with Crippen LogP contribution in [0, 0.1) is 5.92 Å². The Kier molecular flexibility index (Phi) is 7.74. The Balaban J connectivity index is 2.88. The molecular weight excluding hydrogens is 275 g/mol. The van der Waals surface area contributed by atoms with Crippen LogP contribution in [0.3, 0.4) is 0 Å². The maximum atomic E-state index is 13.4. The molecule has 0 saturated heterocycles. The summed E-state index contributed by atoms with van der Waals surface area (Å²) >= 11 is 0. The highest BCUT2D eigenvalue weighted by atomic mass is 31.2. The monoisotopic (exact) mass is 306 g/mol. The standard InChI is InChI=1S/C15H31O4P/c1-5-17-15(4,18-6-2)20(16,19-7-3)13-14-11-9-8-10-12-14/h14H,5-13H2,1-4H3/t20-/m1/s1. The number of hydrogen-bond acceptors (Lipinski definition) is 4. The van der Waals surface area contributed by atoms with Crippen LogP contribution in [-0.2, 0) is 18.6 Å². The molecule has 0 aromatic rings. The quantitative estimate of drug-likeness (QED) is 0.460. The first kappa shape index (κ1) is 18.2. The van der Waals surface area contributed by atoms with Crippen LogP contribution in [-0.4, -0.2) is 31.5 Å². The number of hydrogen-bond donors (Lipinski definition) is 0. The Morgan fingerprint density at radius 1 is 1.00 bits per heavy atom. The predicted molar refractivity (Wildman–Crippen MR) is 82.3 cm³/mol. The molecule has 0 aliphatic heterocycles. The Morgan fingerprint density at radius 2 is 1.55 bits per heavy atom. The fourth-order valence-corrected chi connectivity index (χ4v) is 5.81. The van der Waals surface area contributed by atoms with Crippen LogP contribution >= 0.6 is 7.37 Å². The molecule has 4 nitrogen and oxygen atoms in total. The van der Waals surface area contributed by atoms with Crippen LogP contribution in [0.2, 0.25) is 0 Å². The first-order valence-electron chi connectivity index (χ1n) is 8.03. The zero-order valence-electron chi connectivity index (χ0n) is 13.5. The molecule has 1 atom stereocenters. The minimum Gasteiger partial charge on any atom is -0.342 e. The predicted octanol–water partition coefficient (Wildman–Crippen LogP) is 4.63. The normalized spacial score (nSPS) is 20.8. The molecule has 0 unspecified atom stereocenters. The van der Waals surface area contributed by atoms with Gasteiger partial charge in [0.1, 0.15) is 0 Å². The minimum absolute atomic E-state index is 0.430. The molecule has 0 amide bonds. The van der Waals surface area contributed by atoms with Gasteiger partial charge >= 0.3 is 0 Å². The average molecular weight is 306 g/mol. The summed E-state index contributed by atoms with van der Waals surface area (Å²) in [4.78, 5) is 0. The molecule has 120 valence electrons. The number of rotatable bonds is 9. The summed E-state index contributed by atoms with van der Waals surface area (Å²) in [5.74, 6) is 0.473. The second-order valence-electron chi connectivity index (χ2n) is 5.54. The summed E-state index contributed by atoms with van der Waals surface area (Å²) in [6.45, 7) is 8.82. The van der Waals surface area contributed by atoms with Crippen LogP contribution in [0.1, 0.15) is 59.8 Å². The van der Waals surface area contributed by atoms with Crippen LogP contribution in [0.4, 0.5) is 0 Å². The van der Waals surface area contributed by atoms with E-state index in [2.05, 4.69) is 0 Å². The smallest absolute Gasteiger partial charge is 0.260 e. The van der Waals surface area contributed by atoms with Crippen molar-refractivity contribution < 1.29 is 18.6 Å². The van der Waals surface area contributed by atoms with Crippen LogP contribution < -0.4 is 0 Å². The molecule has 0 aromatic carbocycles. The van der Waals surface area contributed by atoms with Gasteiger partial charge in [0.05, 0.1) is 6.61 Å². The maximum absolute atomic E-state index is 13.4. The van der Waals surface area contributed by atoms with Crippen molar-refractivity contribution in [3.63, 3.8) is 0 Å². The van der Waals surface area contributed by atoms with E-state index in [1.165, 1.54) is 19.3 Å². The van der Waals surface area contributed by atoms with Crippen molar-refractivity contribution in [1.29, 1.82) is 0 Å². The Labute approximate surface area is 124 Å². The van der Waals surface area contributed by atoms with Gasteiger partial charge in [-0.25, -0.2) is 0 Å². The molecule has 0 spiro atoms. The molecule has 0 aromatic heterocycles. The summed E-state index contributed by atoms with van der Waals surface area (Å²) in [5, 5.41) is 0. The lowest BCUT2D eigenvalue weighted by molar-refractivity contribution is -0.168. The molecule has 1 rings (SSSR count). The molecular formula is C15H31O4P. The molecule has 1 aliphatic rings. The van der Waals surface area contributed by atoms with E-state index in [0.29, 0.717) is 31.9 Å². The van der Waals surface area contributed by atoms with Gasteiger partial charge in [0.2, 0.25) is 5.53 Å². The van der Waals surface area contributed by atoms with Gasteiger partial charge in [0, 0.05) is 19.4 Å². The van der Waals surface area contributed by atoms with Crippen molar-refractivity contribution in [3.8, 4) is 0 Å². The fourth-order valence-electron chi connectivity index (χ4n) is 3.03. The van der Waals surface area contributed by atoms with E-state index >= 15 is 0 Å². The van der Waals surface area contributed by atoms with E-state index in [1.54, 1.807) is 6.92 Å². The lowest BCUT2D eigenvalue weighted by Crippen LogP contribution is -2.36. The third-order valence-corrected chi connectivity index (χ3v) is 7.17. The van der Waals surface area contributed by atoms with Gasteiger partial charge in [0.25, 0.3) is 7.37 Å². The highest BCUT2D eigenvalue weighted by molar-refractivity contribution is 7.60. The summed E-state index contributed by atoms with van der Waals surface area (Å²) in [5.41, 5.74) is -1.11. The molecule has 1 saturated carbocycles. The van der Waals surface area contributed by atoms with Crippen molar-refractivity contribution >= 4 is 7.37 Å². The summed E-state index contributed by atoms with van der Waals surface area (Å²) in [6, 6.07) is 0.